The fraction of sp³-hybridized carbons (Fsp3) is 0. The minimum absolute atomic E-state index is 0.102. The highest BCUT2D eigenvalue weighted by Crippen LogP contribution is 2.30. The van der Waals surface area contributed by atoms with E-state index in [1.165, 1.54) is 23.5 Å². The molecule has 0 fully saturated rings. The van der Waals surface area contributed by atoms with E-state index in [1.54, 1.807) is 6.07 Å². The van der Waals surface area contributed by atoms with Crippen molar-refractivity contribution in [3.63, 3.8) is 0 Å². The Labute approximate surface area is 125 Å². The second-order valence-electron chi connectivity index (χ2n) is 3.83. The zero-order chi connectivity index (χ0) is 14.1. The first-order valence-electron chi connectivity index (χ1n) is 5.46. The Morgan fingerprint density at radius 1 is 1.40 bits per heavy atom. The first-order chi connectivity index (χ1) is 9.69. The van der Waals surface area contributed by atoms with Gasteiger partial charge in [-0.05, 0) is 34.1 Å². The zero-order valence-corrected chi connectivity index (χ0v) is 12.2. The highest BCUT2D eigenvalue weighted by atomic mass is 79.9. The molecule has 7 heteroatoms. The van der Waals surface area contributed by atoms with Crippen LogP contribution in [-0.2, 0) is 0 Å². The van der Waals surface area contributed by atoms with Crippen molar-refractivity contribution in [1.29, 1.82) is 5.26 Å². The summed E-state index contributed by atoms with van der Waals surface area (Å²) in [4.78, 5) is 5.03. The molecule has 0 bridgehead atoms. The second-order valence-corrected chi connectivity index (χ2v) is 5.65. The van der Waals surface area contributed by atoms with Crippen LogP contribution in [0.2, 0.25) is 0 Å². The predicted octanol–water partition coefficient (Wildman–Crippen LogP) is 4.24. The molecule has 0 saturated heterocycles. The molecule has 0 amide bonds. The monoisotopic (exact) mass is 349 g/mol. The number of hydrogen-bond donors (Lipinski definition) is 0. The molecular weight excluding hydrogens is 345 g/mol. The number of nitrogens with zero attached hydrogens (tertiary/aromatic N) is 3. The van der Waals surface area contributed by atoms with E-state index < -0.39 is 5.82 Å². The van der Waals surface area contributed by atoms with Gasteiger partial charge < -0.3 is 4.52 Å². The summed E-state index contributed by atoms with van der Waals surface area (Å²) in [6.45, 7) is 0. The van der Waals surface area contributed by atoms with E-state index in [0.717, 1.165) is 9.35 Å². The van der Waals surface area contributed by atoms with Gasteiger partial charge in [0.1, 0.15) is 17.4 Å². The van der Waals surface area contributed by atoms with Crippen LogP contribution in [0.3, 0.4) is 0 Å². The quantitative estimate of drug-likeness (QED) is 0.694. The molecule has 2 heterocycles. The molecule has 0 atom stereocenters. The molecule has 0 N–H and O–H groups in total. The van der Waals surface area contributed by atoms with Crippen molar-refractivity contribution in [2.45, 2.75) is 0 Å². The third-order valence-corrected chi connectivity index (χ3v) is 4.26. The predicted molar refractivity (Wildman–Crippen MR) is 75.4 cm³/mol. The van der Waals surface area contributed by atoms with Gasteiger partial charge >= 0.3 is 0 Å². The van der Waals surface area contributed by atoms with E-state index in [2.05, 4.69) is 26.1 Å². The summed E-state index contributed by atoms with van der Waals surface area (Å²) in [7, 11) is 0. The smallest absolute Gasteiger partial charge is 0.259 e. The van der Waals surface area contributed by atoms with Gasteiger partial charge in [0.2, 0.25) is 5.82 Å². The van der Waals surface area contributed by atoms with Crippen molar-refractivity contribution in [2.24, 2.45) is 0 Å². The molecule has 0 saturated carbocycles. The lowest BCUT2D eigenvalue weighted by Gasteiger charge is -1.98. The molecule has 3 rings (SSSR count). The van der Waals surface area contributed by atoms with Crippen molar-refractivity contribution in [1.82, 2.24) is 10.1 Å². The number of benzene rings is 1. The summed E-state index contributed by atoms with van der Waals surface area (Å²) in [5, 5.41) is 14.8. The van der Waals surface area contributed by atoms with E-state index in [9.17, 15) is 4.39 Å². The summed E-state index contributed by atoms with van der Waals surface area (Å²) >= 11 is 4.80. The van der Waals surface area contributed by atoms with Crippen LogP contribution in [0.5, 0.6) is 0 Å². The van der Waals surface area contributed by atoms with E-state index in [0.29, 0.717) is 11.4 Å². The Morgan fingerprint density at radius 3 is 2.95 bits per heavy atom. The standard InChI is InChI=1S/C13H5BrFN3OS/c14-7-4-11(20-6-7)12-17-13(19-18-12)8-2-1-3-10(15)9(8)5-16/h1-4,6H. The lowest BCUT2D eigenvalue weighted by Crippen LogP contribution is -1.89. The number of halogens is 2. The van der Waals surface area contributed by atoms with Gasteiger partial charge in [0.25, 0.3) is 5.89 Å². The topological polar surface area (TPSA) is 62.7 Å². The molecule has 4 nitrogen and oxygen atoms in total. The molecule has 0 radical (unpaired) electrons. The fourth-order valence-corrected chi connectivity index (χ4v) is 3.03. The Bertz CT molecular complexity index is 821. The van der Waals surface area contributed by atoms with E-state index in [4.69, 9.17) is 9.78 Å². The first kappa shape index (κ1) is 13.0. The van der Waals surface area contributed by atoms with Crippen molar-refractivity contribution >= 4 is 27.3 Å². The molecule has 2 aromatic heterocycles. The summed E-state index contributed by atoms with van der Waals surface area (Å²) in [5.41, 5.74) is 0.192. The third-order valence-electron chi connectivity index (χ3n) is 2.57. The molecule has 20 heavy (non-hydrogen) atoms. The van der Waals surface area contributed by atoms with Crippen molar-refractivity contribution < 1.29 is 8.91 Å². The molecule has 0 unspecified atom stereocenters. The van der Waals surface area contributed by atoms with E-state index in [-0.39, 0.29) is 11.5 Å². The Morgan fingerprint density at radius 2 is 2.25 bits per heavy atom. The molecule has 3 aromatic rings. The van der Waals surface area contributed by atoms with Crippen LogP contribution in [0.4, 0.5) is 4.39 Å². The molecular formula is C13H5BrFN3OS. The maximum atomic E-state index is 13.6. The maximum Gasteiger partial charge on any atom is 0.259 e. The lowest BCUT2D eigenvalue weighted by atomic mass is 10.1. The first-order valence-corrected chi connectivity index (χ1v) is 7.13. The van der Waals surface area contributed by atoms with Crippen LogP contribution in [0.1, 0.15) is 5.56 Å². The summed E-state index contributed by atoms with van der Waals surface area (Å²) in [5.74, 6) is -0.0759. The highest BCUT2D eigenvalue weighted by Gasteiger charge is 2.17. The highest BCUT2D eigenvalue weighted by molar-refractivity contribution is 9.10. The number of rotatable bonds is 2. The van der Waals surface area contributed by atoms with Crippen LogP contribution < -0.4 is 0 Å². The summed E-state index contributed by atoms with van der Waals surface area (Å²) in [6.07, 6.45) is 0. The van der Waals surface area contributed by atoms with Crippen LogP contribution in [0.25, 0.3) is 22.2 Å². The van der Waals surface area contributed by atoms with Gasteiger partial charge in [-0.2, -0.15) is 10.2 Å². The van der Waals surface area contributed by atoms with E-state index >= 15 is 0 Å². The molecule has 98 valence electrons. The Hall–Kier alpha value is -2.04. The second kappa shape index (κ2) is 5.15. The minimum atomic E-state index is -0.608. The van der Waals surface area contributed by atoms with Gasteiger partial charge in [-0.3, -0.25) is 0 Å². The Kier molecular flexibility index (Phi) is 3.34. The van der Waals surface area contributed by atoms with Crippen molar-refractivity contribution in [2.75, 3.05) is 0 Å². The summed E-state index contributed by atoms with van der Waals surface area (Å²) < 4.78 is 19.6. The minimum Gasteiger partial charge on any atom is -0.334 e. The average Bonchev–Trinajstić information content (AvgIpc) is 3.07. The van der Waals surface area contributed by atoms with Gasteiger partial charge in [-0.15, -0.1) is 11.3 Å². The normalized spacial score (nSPS) is 10.4. The molecule has 0 aliphatic rings. The van der Waals surface area contributed by atoms with Gasteiger partial charge in [-0.1, -0.05) is 11.2 Å². The fourth-order valence-electron chi connectivity index (χ4n) is 1.68. The third kappa shape index (κ3) is 2.24. The van der Waals surface area contributed by atoms with Gasteiger partial charge in [0, 0.05) is 9.85 Å². The Balaban J connectivity index is 2.07. The molecule has 0 aliphatic heterocycles. The van der Waals surface area contributed by atoms with Gasteiger partial charge in [0.05, 0.1) is 10.4 Å². The molecule has 0 aliphatic carbocycles. The number of aromatic nitrogens is 2. The van der Waals surface area contributed by atoms with Crippen LogP contribution in [-0.4, -0.2) is 10.1 Å². The molecule has 0 spiro atoms. The SMILES string of the molecule is N#Cc1c(F)cccc1-c1nc(-c2cc(Br)cs2)no1. The van der Waals surface area contributed by atoms with Crippen LogP contribution in [0, 0.1) is 17.1 Å². The average molecular weight is 350 g/mol. The van der Waals surface area contributed by atoms with Crippen molar-refractivity contribution in [3.05, 3.63) is 45.5 Å². The number of hydrogen-bond acceptors (Lipinski definition) is 5. The van der Waals surface area contributed by atoms with Crippen LogP contribution >= 0.6 is 27.3 Å². The van der Waals surface area contributed by atoms with E-state index in [1.807, 2.05) is 17.5 Å². The largest absolute Gasteiger partial charge is 0.334 e. The van der Waals surface area contributed by atoms with Gasteiger partial charge in [-0.25, -0.2) is 4.39 Å². The summed E-state index contributed by atoms with van der Waals surface area (Å²) in [6, 6.07) is 7.95. The van der Waals surface area contributed by atoms with Crippen LogP contribution in [0.15, 0.2) is 38.6 Å². The number of thiophene rings is 1. The zero-order valence-electron chi connectivity index (χ0n) is 9.80. The molecule has 1 aromatic carbocycles. The number of nitriles is 1. The van der Waals surface area contributed by atoms with Crippen molar-refractivity contribution in [3.8, 4) is 28.2 Å². The maximum absolute atomic E-state index is 13.6. The van der Waals surface area contributed by atoms with Gasteiger partial charge in [0.15, 0.2) is 0 Å². The lowest BCUT2D eigenvalue weighted by molar-refractivity contribution is 0.432.